The van der Waals surface area contributed by atoms with Crippen molar-refractivity contribution in [1.82, 2.24) is 4.90 Å². The monoisotopic (exact) mass is 227 g/mol. The Morgan fingerprint density at radius 3 is 2.81 bits per heavy atom. The summed E-state index contributed by atoms with van der Waals surface area (Å²) in [6, 6.07) is -0.0858. The first-order chi connectivity index (χ1) is 7.44. The van der Waals surface area contributed by atoms with Crippen LogP contribution in [-0.2, 0) is 9.47 Å². The Hall–Kier alpha value is -1.03. The van der Waals surface area contributed by atoms with Crippen molar-refractivity contribution in [3.63, 3.8) is 0 Å². The lowest BCUT2D eigenvalue weighted by Crippen LogP contribution is -2.43. The Morgan fingerprint density at radius 1 is 1.56 bits per heavy atom. The van der Waals surface area contributed by atoms with Crippen LogP contribution in [0.25, 0.3) is 0 Å². The average molecular weight is 227 g/mol. The molecule has 0 N–H and O–H groups in total. The zero-order chi connectivity index (χ0) is 12.2. The van der Waals surface area contributed by atoms with Gasteiger partial charge in [0.25, 0.3) is 0 Å². The van der Waals surface area contributed by atoms with Crippen LogP contribution < -0.4 is 0 Å². The first-order valence-electron chi connectivity index (χ1n) is 5.64. The molecule has 0 bridgehead atoms. The highest BCUT2D eigenvalue weighted by atomic mass is 16.6. The summed E-state index contributed by atoms with van der Waals surface area (Å²) in [6.45, 7) is 11.2. The molecule has 0 spiro atoms. The van der Waals surface area contributed by atoms with Gasteiger partial charge in [-0.2, -0.15) is 0 Å². The number of carbonyl (C=O) groups excluding carboxylic acids is 1. The largest absolute Gasteiger partial charge is 0.444 e. The smallest absolute Gasteiger partial charge is 0.410 e. The number of hydrogen-bond acceptors (Lipinski definition) is 3. The average Bonchev–Trinajstić information content (AvgIpc) is 2.39. The molecule has 1 atom stereocenters. The fourth-order valence-corrected chi connectivity index (χ4v) is 1.54. The highest BCUT2D eigenvalue weighted by molar-refractivity contribution is 5.69. The van der Waals surface area contributed by atoms with Crippen molar-refractivity contribution in [3.8, 4) is 0 Å². The first kappa shape index (κ1) is 13.0. The lowest BCUT2D eigenvalue weighted by Gasteiger charge is -2.30. The van der Waals surface area contributed by atoms with E-state index in [1.54, 1.807) is 11.0 Å². The van der Waals surface area contributed by atoms with Crippen LogP contribution in [0.4, 0.5) is 4.79 Å². The van der Waals surface area contributed by atoms with Gasteiger partial charge in [0.1, 0.15) is 5.60 Å². The quantitative estimate of drug-likeness (QED) is 0.645. The number of nitrogens with zero attached hydrogens (tertiary/aromatic N) is 1. The second-order valence-corrected chi connectivity index (χ2v) is 4.91. The molecule has 4 nitrogen and oxygen atoms in total. The highest BCUT2D eigenvalue weighted by Gasteiger charge is 2.27. The summed E-state index contributed by atoms with van der Waals surface area (Å²) in [7, 11) is 0. The van der Waals surface area contributed by atoms with Crippen LogP contribution in [0.15, 0.2) is 12.7 Å². The minimum Gasteiger partial charge on any atom is -0.444 e. The molecule has 92 valence electrons. The van der Waals surface area contributed by atoms with Gasteiger partial charge in [0.2, 0.25) is 0 Å². The molecule has 1 rings (SSSR count). The molecular formula is C12H21NO3. The van der Waals surface area contributed by atoms with E-state index in [2.05, 4.69) is 6.58 Å². The summed E-state index contributed by atoms with van der Waals surface area (Å²) >= 11 is 0. The Morgan fingerprint density at radius 2 is 2.25 bits per heavy atom. The predicted molar refractivity (Wildman–Crippen MR) is 62.4 cm³/mol. The standard InChI is InChI=1S/C12H21NO3/c1-5-10-9-15-8-6-7-13(10)11(14)16-12(2,3)4/h5,10H,1,6-9H2,2-4H3. The molecule has 0 aliphatic carbocycles. The molecule has 1 heterocycles. The fourth-order valence-electron chi connectivity index (χ4n) is 1.54. The summed E-state index contributed by atoms with van der Waals surface area (Å²) in [5, 5.41) is 0. The molecule has 0 aromatic heterocycles. The van der Waals surface area contributed by atoms with E-state index in [1.165, 1.54) is 0 Å². The van der Waals surface area contributed by atoms with Gasteiger partial charge in [-0.15, -0.1) is 6.58 Å². The van der Waals surface area contributed by atoms with E-state index in [0.29, 0.717) is 19.8 Å². The number of carbonyl (C=O) groups is 1. The van der Waals surface area contributed by atoms with Gasteiger partial charge >= 0.3 is 6.09 Å². The first-order valence-corrected chi connectivity index (χ1v) is 5.64. The van der Waals surface area contributed by atoms with Crippen LogP contribution in [-0.4, -0.2) is 42.4 Å². The highest BCUT2D eigenvalue weighted by Crippen LogP contribution is 2.15. The van der Waals surface area contributed by atoms with Crippen molar-refractivity contribution < 1.29 is 14.3 Å². The zero-order valence-corrected chi connectivity index (χ0v) is 10.4. The van der Waals surface area contributed by atoms with Crippen LogP contribution in [0.5, 0.6) is 0 Å². The van der Waals surface area contributed by atoms with Crippen LogP contribution in [0.2, 0.25) is 0 Å². The van der Waals surface area contributed by atoms with Gasteiger partial charge in [-0.3, -0.25) is 4.90 Å². The van der Waals surface area contributed by atoms with Crippen molar-refractivity contribution in [3.05, 3.63) is 12.7 Å². The normalized spacial score (nSPS) is 22.4. The van der Waals surface area contributed by atoms with E-state index in [4.69, 9.17) is 9.47 Å². The molecule has 1 aliphatic heterocycles. The molecule has 0 aromatic rings. The van der Waals surface area contributed by atoms with E-state index in [9.17, 15) is 4.79 Å². The maximum atomic E-state index is 11.9. The van der Waals surface area contributed by atoms with Crippen molar-refractivity contribution in [1.29, 1.82) is 0 Å². The second-order valence-electron chi connectivity index (χ2n) is 4.91. The Balaban J connectivity index is 2.66. The second kappa shape index (κ2) is 5.34. The van der Waals surface area contributed by atoms with Crippen LogP contribution in [0.3, 0.4) is 0 Å². The Bertz CT molecular complexity index is 257. The topological polar surface area (TPSA) is 38.8 Å². The van der Waals surface area contributed by atoms with E-state index in [1.807, 2.05) is 20.8 Å². The third-order valence-electron chi connectivity index (χ3n) is 2.28. The maximum Gasteiger partial charge on any atom is 0.410 e. The van der Waals surface area contributed by atoms with Gasteiger partial charge in [0.05, 0.1) is 12.6 Å². The molecule has 1 fully saturated rings. The number of rotatable bonds is 1. The van der Waals surface area contributed by atoms with Crippen molar-refractivity contribution in [2.45, 2.75) is 38.8 Å². The fraction of sp³-hybridized carbons (Fsp3) is 0.750. The van der Waals surface area contributed by atoms with Gasteiger partial charge in [-0.05, 0) is 27.2 Å². The van der Waals surface area contributed by atoms with E-state index < -0.39 is 5.60 Å². The molecule has 1 amide bonds. The minimum absolute atomic E-state index is 0.0858. The van der Waals surface area contributed by atoms with E-state index in [0.717, 1.165) is 6.42 Å². The summed E-state index contributed by atoms with van der Waals surface area (Å²) in [5.41, 5.74) is -0.462. The van der Waals surface area contributed by atoms with Crippen LogP contribution in [0, 0.1) is 0 Å². The number of ether oxygens (including phenoxy) is 2. The van der Waals surface area contributed by atoms with Gasteiger partial charge < -0.3 is 9.47 Å². The lowest BCUT2D eigenvalue weighted by atomic mass is 10.2. The van der Waals surface area contributed by atoms with Gasteiger partial charge in [0.15, 0.2) is 0 Å². The molecule has 0 radical (unpaired) electrons. The molecule has 0 aromatic carbocycles. The molecule has 1 unspecified atom stereocenters. The minimum atomic E-state index is -0.462. The molecule has 16 heavy (non-hydrogen) atoms. The Kier molecular flexibility index (Phi) is 4.35. The van der Waals surface area contributed by atoms with Gasteiger partial charge in [-0.25, -0.2) is 4.79 Å². The molecule has 1 saturated heterocycles. The third kappa shape index (κ3) is 3.85. The van der Waals surface area contributed by atoms with Crippen LogP contribution in [0.1, 0.15) is 27.2 Å². The zero-order valence-electron chi connectivity index (χ0n) is 10.4. The number of amides is 1. The molecule has 0 saturated carbocycles. The summed E-state index contributed by atoms with van der Waals surface area (Å²) in [5.74, 6) is 0. The van der Waals surface area contributed by atoms with Gasteiger partial charge in [0, 0.05) is 13.2 Å². The summed E-state index contributed by atoms with van der Waals surface area (Å²) in [6.07, 6.45) is 2.28. The van der Waals surface area contributed by atoms with Crippen molar-refractivity contribution in [2.75, 3.05) is 19.8 Å². The van der Waals surface area contributed by atoms with E-state index >= 15 is 0 Å². The SMILES string of the molecule is C=CC1COCCCN1C(=O)OC(C)(C)C. The Labute approximate surface area is 97.2 Å². The summed E-state index contributed by atoms with van der Waals surface area (Å²) < 4.78 is 10.7. The van der Waals surface area contributed by atoms with Crippen LogP contribution >= 0.6 is 0 Å². The molecule has 1 aliphatic rings. The van der Waals surface area contributed by atoms with Crippen molar-refractivity contribution in [2.24, 2.45) is 0 Å². The number of hydrogen-bond donors (Lipinski definition) is 0. The molecule has 4 heteroatoms. The summed E-state index contributed by atoms with van der Waals surface area (Å²) in [4.78, 5) is 13.6. The molecular weight excluding hydrogens is 206 g/mol. The predicted octanol–water partition coefficient (Wildman–Crippen LogP) is 2.20. The maximum absolute atomic E-state index is 11.9. The van der Waals surface area contributed by atoms with E-state index in [-0.39, 0.29) is 12.1 Å². The van der Waals surface area contributed by atoms with Gasteiger partial charge in [-0.1, -0.05) is 6.08 Å². The van der Waals surface area contributed by atoms with Crippen molar-refractivity contribution >= 4 is 6.09 Å². The lowest BCUT2D eigenvalue weighted by molar-refractivity contribution is 0.0177. The third-order valence-corrected chi connectivity index (χ3v) is 2.28.